The molecule has 37 heavy (non-hydrogen) atoms. The highest BCUT2D eigenvalue weighted by atomic mass is 16.5. The molecule has 4 rings (SSSR count). The third-order valence-corrected chi connectivity index (χ3v) is 6.23. The van der Waals surface area contributed by atoms with Crippen LogP contribution in [0.4, 0.5) is 5.69 Å². The SMILES string of the molecule is CCOC(=O)C1=C(C)N=C(C)C(C(=O)OCC)C1c1cn(-c2ccccc2)nc1-c1cccc(NO)c1. The molecular formula is C28H30N4O5. The minimum Gasteiger partial charge on any atom is -0.465 e. The number of benzene rings is 2. The van der Waals surface area contributed by atoms with E-state index in [-0.39, 0.29) is 18.8 Å². The molecular weight excluding hydrogens is 472 g/mol. The topological polar surface area (TPSA) is 115 Å². The van der Waals surface area contributed by atoms with E-state index in [9.17, 15) is 14.8 Å². The Bertz CT molecular complexity index is 1360. The molecule has 0 fully saturated rings. The second-order valence-electron chi connectivity index (χ2n) is 8.59. The van der Waals surface area contributed by atoms with Crippen molar-refractivity contribution in [2.75, 3.05) is 18.7 Å². The van der Waals surface area contributed by atoms with E-state index in [1.807, 2.05) is 42.6 Å². The number of rotatable bonds is 8. The van der Waals surface area contributed by atoms with E-state index in [0.29, 0.717) is 33.9 Å². The summed E-state index contributed by atoms with van der Waals surface area (Å²) < 4.78 is 12.6. The number of anilines is 1. The van der Waals surface area contributed by atoms with Gasteiger partial charge in [-0.3, -0.25) is 20.5 Å². The molecule has 0 bridgehead atoms. The Morgan fingerprint density at radius 2 is 1.76 bits per heavy atom. The molecule has 1 aliphatic rings. The summed E-state index contributed by atoms with van der Waals surface area (Å²) in [5.74, 6) is -2.63. The predicted octanol–water partition coefficient (Wildman–Crippen LogP) is 4.91. The van der Waals surface area contributed by atoms with Crippen LogP contribution in [0, 0.1) is 5.92 Å². The lowest BCUT2D eigenvalue weighted by Crippen LogP contribution is -2.36. The van der Waals surface area contributed by atoms with Crippen LogP contribution in [0.1, 0.15) is 39.2 Å². The molecule has 9 nitrogen and oxygen atoms in total. The van der Waals surface area contributed by atoms with Gasteiger partial charge >= 0.3 is 11.9 Å². The zero-order chi connectivity index (χ0) is 26.5. The van der Waals surface area contributed by atoms with Crippen LogP contribution in [0.15, 0.2) is 77.1 Å². The molecule has 0 saturated heterocycles. The minimum atomic E-state index is -0.852. The highest BCUT2D eigenvalue weighted by Crippen LogP contribution is 2.44. The molecule has 9 heteroatoms. The normalized spacial score (nSPS) is 17.3. The van der Waals surface area contributed by atoms with Crippen LogP contribution >= 0.6 is 0 Å². The van der Waals surface area contributed by atoms with E-state index in [2.05, 4.69) is 10.5 Å². The van der Waals surface area contributed by atoms with Crippen LogP contribution in [-0.2, 0) is 19.1 Å². The lowest BCUT2D eigenvalue weighted by atomic mass is 9.75. The Kier molecular flexibility index (Phi) is 7.83. The number of allylic oxidation sites excluding steroid dienone is 1. The van der Waals surface area contributed by atoms with Crippen molar-refractivity contribution >= 4 is 23.3 Å². The van der Waals surface area contributed by atoms with Crippen molar-refractivity contribution in [3.8, 4) is 16.9 Å². The van der Waals surface area contributed by atoms with Gasteiger partial charge in [0.25, 0.3) is 0 Å². The average Bonchev–Trinajstić information content (AvgIpc) is 3.34. The van der Waals surface area contributed by atoms with E-state index in [0.717, 1.165) is 5.69 Å². The van der Waals surface area contributed by atoms with Crippen LogP contribution in [0.25, 0.3) is 16.9 Å². The molecule has 2 aromatic carbocycles. The second-order valence-corrected chi connectivity index (χ2v) is 8.59. The number of esters is 2. The predicted molar refractivity (Wildman–Crippen MR) is 140 cm³/mol. The van der Waals surface area contributed by atoms with Crippen LogP contribution < -0.4 is 5.48 Å². The lowest BCUT2D eigenvalue weighted by Gasteiger charge is -2.31. The monoisotopic (exact) mass is 502 g/mol. The summed E-state index contributed by atoms with van der Waals surface area (Å²) >= 11 is 0. The number of para-hydroxylation sites is 1. The Hall–Kier alpha value is -4.24. The summed E-state index contributed by atoms with van der Waals surface area (Å²) in [6.07, 6.45) is 1.83. The molecule has 1 aliphatic heterocycles. The van der Waals surface area contributed by atoms with Crippen molar-refractivity contribution in [1.29, 1.82) is 0 Å². The fourth-order valence-corrected chi connectivity index (χ4v) is 4.67. The number of carbonyl (C=O) groups excluding carboxylic acids is 2. The first-order valence-electron chi connectivity index (χ1n) is 12.1. The maximum atomic E-state index is 13.3. The molecule has 0 aliphatic carbocycles. The molecule has 192 valence electrons. The Labute approximate surface area is 215 Å². The number of nitrogens with zero attached hydrogens (tertiary/aromatic N) is 3. The molecule has 3 aromatic rings. The van der Waals surface area contributed by atoms with Gasteiger partial charge in [-0.1, -0.05) is 30.3 Å². The molecule has 2 unspecified atom stereocenters. The van der Waals surface area contributed by atoms with Gasteiger partial charge in [-0.2, -0.15) is 5.10 Å². The quantitative estimate of drug-likeness (QED) is 0.332. The highest BCUT2D eigenvalue weighted by Gasteiger charge is 2.44. The number of carbonyl (C=O) groups is 2. The van der Waals surface area contributed by atoms with E-state index < -0.39 is 23.8 Å². The summed E-state index contributed by atoms with van der Waals surface area (Å²) in [5.41, 5.74) is 6.61. The molecule has 0 saturated carbocycles. The van der Waals surface area contributed by atoms with E-state index in [4.69, 9.17) is 14.6 Å². The number of hydrogen-bond donors (Lipinski definition) is 2. The summed E-state index contributed by atoms with van der Waals surface area (Å²) in [6.45, 7) is 7.33. The van der Waals surface area contributed by atoms with Gasteiger partial charge in [-0.25, -0.2) is 9.48 Å². The zero-order valence-corrected chi connectivity index (χ0v) is 21.3. The van der Waals surface area contributed by atoms with Gasteiger partial charge in [0.1, 0.15) is 5.92 Å². The number of aliphatic imine (C=N–C) groups is 1. The minimum absolute atomic E-state index is 0.176. The van der Waals surface area contributed by atoms with Crippen LogP contribution in [0.2, 0.25) is 0 Å². The second kappa shape index (κ2) is 11.2. The number of hydrogen-bond acceptors (Lipinski definition) is 8. The summed E-state index contributed by atoms with van der Waals surface area (Å²) in [5, 5.41) is 14.4. The van der Waals surface area contributed by atoms with Gasteiger partial charge < -0.3 is 9.47 Å². The van der Waals surface area contributed by atoms with Crippen LogP contribution in [0.5, 0.6) is 0 Å². The smallest absolute Gasteiger partial charge is 0.336 e. The first-order valence-corrected chi connectivity index (χ1v) is 12.1. The summed E-state index contributed by atoms with van der Waals surface area (Å²) in [7, 11) is 0. The Morgan fingerprint density at radius 3 is 2.43 bits per heavy atom. The van der Waals surface area contributed by atoms with Gasteiger partial charge in [0.05, 0.1) is 35.9 Å². The average molecular weight is 503 g/mol. The van der Waals surface area contributed by atoms with E-state index in [1.54, 1.807) is 50.6 Å². The third kappa shape index (κ3) is 5.17. The van der Waals surface area contributed by atoms with Gasteiger partial charge in [0.2, 0.25) is 0 Å². The summed E-state index contributed by atoms with van der Waals surface area (Å²) in [4.78, 5) is 31.1. The fourth-order valence-electron chi connectivity index (χ4n) is 4.67. The van der Waals surface area contributed by atoms with Crippen molar-refractivity contribution in [3.63, 3.8) is 0 Å². The van der Waals surface area contributed by atoms with Crippen LogP contribution in [0.3, 0.4) is 0 Å². The van der Waals surface area contributed by atoms with E-state index >= 15 is 0 Å². The van der Waals surface area contributed by atoms with Gasteiger partial charge in [-0.05, 0) is 52.0 Å². The molecule has 2 N–H and O–H groups in total. The standard InChI is InChI=1S/C28H30N4O5/c1-5-36-27(33)23-17(3)29-18(4)24(28(34)37-6-2)25(23)22-16-32(21-13-8-7-9-14-21)30-26(22)19-11-10-12-20(15-19)31-35/h7-16,23,25,31,35H,5-6H2,1-4H3. The van der Waals surface area contributed by atoms with Crippen molar-refractivity contribution < 1.29 is 24.3 Å². The molecule has 2 atom stereocenters. The van der Waals surface area contributed by atoms with Crippen molar-refractivity contribution in [1.82, 2.24) is 9.78 Å². The first-order chi connectivity index (χ1) is 17.9. The molecule has 2 heterocycles. The molecule has 0 spiro atoms. The maximum absolute atomic E-state index is 13.3. The third-order valence-electron chi connectivity index (χ3n) is 6.23. The largest absolute Gasteiger partial charge is 0.465 e. The maximum Gasteiger partial charge on any atom is 0.336 e. The Balaban J connectivity index is 2.00. The van der Waals surface area contributed by atoms with Gasteiger partial charge in [-0.15, -0.1) is 0 Å². The first kappa shape index (κ1) is 25.8. The van der Waals surface area contributed by atoms with E-state index in [1.165, 1.54) is 0 Å². The van der Waals surface area contributed by atoms with Crippen molar-refractivity contribution in [3.05, 3.63) is 77.6 Å². The molecule has 0 radical (unpaired) electrons. The lowest BCUT2D eigenvalue weighted by molar-refractivity contribution is -0.146. The Morgan fingerprint density at radius 1 is 1.03 bits per heavy atom. The molecule has 0 amide bonds. The van der Waals surface area contributed by atoms with Crippen molar-refractivity contribution in [2.24, 2.45) is 10.9 Å². The highest BCUT2D eigenvalue weighted by molar-refractivity contribution is 6.07. The zero-order valence-electron chi connectivity index (χ0n) is 21.3. The summed E-state index contributed by atoms with van der Waals surface area (Å²) in [6, 6.07) is 16.6. The molecule has 1 aromatic heterocycles. The number of aromatic nitrogens is 2. The van der Waals surface area contributed by atoms with Crippen LogP contribution in [-0.4, -0.2) is 45.9 Å². The van der Waals surface area contributed by atoms with Gasteiger partial charge in [0, 0.05) is 34.7 Å². The van der Waals surface area contributed by atoms with Crippen molar-refractivity contribution in [2.45, 2.75) is 33.6 Å². The van der Waals surface area contributed by atoms with Gasteiger partial charge in [0.15, 0.2) is 0 Å². The number of ether oxygens (including phenoxy) is 2. The fraction of sp³-hybridized carbons (Fsp3) is 0.286. The number of nitrogens with one attached hydrogen (secondary N) is 1.